The Labute approximate surface area is 192 Å². The van der Waals surface area contributed by atoms with E-state index in [1.54, 1.807) is 11.0 Å². The molecule has 1 amide bonds. The number of hydrogen-bond acceptors (Lipinski definition) is 5. The number of methoxy groups -OCH3 is 1. The van der Waals surface area contributed by atoms with Gasteiger partial charge in [-0.05, 0) is 46.6 Å². The van der Waals surface area contributed by atoms with Crippen molar-refractivity contribution in [1.82, 2.24) is 14.7 Å². The van der Waals surface area contributed by atoms with E-state index in [1.807, 2.05) is 39.3 Å². The number of carbonyl (C=O) groups excluding carboxylic acids is 1. The van der Waals surface area contributed by atoms with Gasteiger partial charge in [0, 0.05) is 25.8 Å². The molecule has 2 heterocycles. The van der Waals surface area contributed by atoms with Gasteiger partial charge in [0.1, 0.15) is 40.8 Å². The van der Waals surface area contributed by atoms with Crippen LogP contribution in [0, 0.1) is 23.5 Å². The van der Waals surface area contributed by atoms with E-state index in [1.165, 1.54) is 7.11 Å². The summed E-state index contributed by atoms with van der Waals surface area (Å²) < 4.78 is 45.8. The van der Waals surface area contributed by atoms with Crippen LogP contribution in [-0.4, -0.2) is 53.2 Å². The third-order valence-corrected chi connectivity index (χ3v) is 5.05. The molecule has 0 saturated heterocycles. The molecule has 0 bridgehead atoms. The lowest BCUT2D eigenvalue weighted by molar-refractivity contribution is 0.00864. The normalized spacial score (nSPS) is 17.8. The molecule has 1 aliphatic rings. The molecule has 1 aliphatic heterocycles. The zero-order chi connectivity index (χ0) is 24.3. The monoisotopic (exact) mass is 461 g/mol. The molecule has 0 radical (unpaired) electrons. The highest BCUT2D eigenvalue weighted by molar-refractivity contribution is 5.69. The van der Waals surface area contributed by atoms with Crippen molar-refractivity contribution in [3.63, 3.8) is 0 Å². The number of carbonyl (C=O) groups is 1. The fourth-order valence-corrected chi connectivity index (χ4v) is 3.51. The molecule has 2 atom stereocenters. The maximum absolute atomic E-state index is 14.4. The van der Waals surface area contributed by atoms with Gasteiger partial charge < -0.3 is 14.2 Å². The molecule has 0 spiro atoms. The van der Waals surface area contributed by atoms with Gasteiger partial charge in [0.05, 0.1) is 24.4 Å². The number of rotatable bonds is 4. The second-order valence-electron chi connectivity index (χ2n) is 8.91. The molecule has 1 aromatic heterocycles. The first-order valence-corrected chi connectivity index (χ1v) is 10.7. The van der Waals surface area contributed by atoms with Gasteiger partial charge in [-0.1, -0.05) is 5.92 Å². The maximum Gasteiger partial charge on any atom is 0.410 e. The molecule has 3 rings (SSSR count). The largest absolute Gasteiger partial charge is 0.490 e. The topological polar surface area (TPSA) is 65.8 Å². The van der Waals surface area contributed by atoms with E-state index in [9.17, 15) is 13.6 Å². The van der Waals surface area contributed by atoms with Crippen molar-refractivity contribution in [2.75, 3.05) is 26.9 Å². The van der Waals surface area contributed by atoms with Crippen molar-refractivity contribution in [3.8, 4) is 17.6 Å². The summed E-state index contributed by atoms with van der Waals surface area (Å²) in [5.41, 5.74) is 0.535. The summed E-state index contributed by atoms with van der Waals surface area (Å²) in [5.74, 6) is 3.98. The second kappa shape index (κ2) is 9.79. The van der Waals surface area contributed by atoms with Crippen LogP contribution in [-0.2, 0) is 9.47 Å². The Bertz CT molecular complexity index is 1080. The lowest BCUT2D eigenvalue weighted by Gasteiger charge is -2.38. The van der Waals surface area contributed by atoms with Crippen LogP contribution < -0.4 is 4.74 Å². The SMILES string of the molecule is COCCOc1cc(F)cc(F)c1C#Cc1cc2n(n1)[C@@H](C)CN(C(=O)OC(C)(C)C)[C@@H]2C. The van der Waals surface area contributed by atoms with Gasteiger partial charge in [-0.15, -0.1) is 0 Å². The van der Waals surface area contributed by atoms with Crippen LogP contribution in [0.2, 0.25) is 0 Å². The number of fused-ring (bicyclic) bond motifs is 1. The Balaban J connectivity index is 1.88. The lowest BCUT2D eigenvalue weighted by Crippen LogP contribution is -2.45. The van der Waals surface area contributed by atoms with Crippen LogP contribution in [0.4, 0.5) is 13.6 Å². The highest BCUT2D eigenvalue weighted by atomic mass is 19.1. The van der Waals surface area contributed by atoms with Gasteiger partial charge in [-0.3, -0.25) is 9.58 Å². The van der Waals surface area contributed by atoms with Gasteiger partial charge in [0.15, 0.2) is 0 Å². The van der Waals surface area contributed by atoms with E-state index in [2.05, 4.69) is 16.9 Å². The van der Waals surface area contributed by atoms with Crippen molar-refractivity contribution < 1.29 is 27.8 Å². The number of benzene rings is 1. The standard InChI is InChI=1S/C24H29F2N3O4/c1-15-14-28(23(30)33-24(3,4)5)16(2)21-13-18(27-29(15)21)7-8-19-20(26)11-17(25)12-22(19)32-10-9-31-6/h11-13,15-16H,9-10,14H2,1-6H3/t15-,16+/m0/s1. The highest BCUT2D eigenvalue weighted by Gasteiger charge is 2.35. The summed E-state index contributed by atoms with van der Waals surface area (Å²) in [6.45, 7) is 10.1. The van der Waals surface area contributed by atoms with Crippen molar-refractivity contribution in [2.24, 2.45) is 0 Å². The molecule has 9 heteroatoms. The average molecular weight is 462 g/mol. The summed E-state index contributed by atoms with van der Waals surface area (Å²) in [6, 6.07) is 3.22. The third kappa shape index (κ3) is 5.82. The first-order chi connectivity index (χ1) is 15.5. The van der Waals surface area contributed by atoms with Crippen LogP contribution in [0.5, 0.6) is 5.75 Å². The van der Waals surface area contributed by atoms with Crippen molar-refractivity contribution in [3.05, 3.63) is 46.8 Å². The molecule has 1 aromatic carbocycles. The van der Waals surface area contributed by atoms with Crippen LogP contribution >= 0.6 is 0 Å². The first-order valence-electron chi connectivity index (χ1n) is 10.7. The fraction of sp³-hybridized carbons (Fsp3) is 0.500. The number of amides is 1. The smallest absolute Gasteiger partial charge is 0.410 e. The van der Waals surface area contributed by atoms with Crippen molar-refractivity contribution >= 4 is 6.09 Å². The molecule has 2 aromatic rings. The minimum Gasteiger partial charge on any atom is -0.490 e. The number of nitrogens with zero attached hydrogens (tertiary/aromatic N) is 3. The summed E-state index contributed by atoms with van der Waals surface area (Å²) in [5, 5.41) is 4.52. The Morgan fingerprint density at radius 1 is 1.18 bits per heavy atom. The zero-order valence-corrected chi connectivity index (χ0v) is 19.7. The van der Waals surface area contributed by atoms with E-state index in [4.69, 9.17) is 14.2 Å². The third-order valence-electron chi connectivity index (χ3n) is 5.05. The summed E-state index contributed by atoms with van der Waals surface area (Å²) in [4.78, 5) is 14.3. The second-order valence-corrected chi connectivity index (χ2v) is 8.91. The molecule has 0 aliphatic carbocycles. The first kappa shape index (κ1) is 24.5. The quantitative estimate of drug-likeness (QED) is 0.497. The van der Waals surface area contributed by atoms with Gasteiger partial charge in [-0.25, -0.2) is 13.6 Å². The van der Waals surface area contributed by atoms with Crippen LogP contribution in [0.3, 0.4) is 0 Å². The number of ether oxygens (including phenoxy) is 3. The number of hydrogen-bond donors (Lipinski definition) is 0. The van der Waals surface area contributed by atoms with Gasteiger partial charge in [0.25, 0.3) is 0 Å². The number of aromatic nitrogens is 2. The minimum atomic E-state index is -0.822. The highest BCUT2D eigenvalue weighted by Crippen LogP contribution is 2.32. The Morgan fingerprint density at radius 3 is 2.58 bits per heavy atom. The van der Waals surface area contributed by atoms with Gasteiger partial charge in [0.2, 0.25) is 0 Å². The molecule has 0 unspecified atom stereocenters. The Kier molecular flexibility index (Phi) is 7.28. The van der Waals surface area contributed by atoms with E-state index in [0.717, 1.165) is 17.8 Å². The fourth-order valence-electron chi connectivity index (χ4n) is 3.51. The van der Waals surface area contributed by atoms with E-state index in [-0.39, 0.29) is 36.6 Å². The lowest BCUT2D eigenvalue weighted by atomic mass is 10.1. The van der Waals surface area contributed by atoms with Crippen LogP contribution in [0.1, 0.15) is 63.7 Å². The minimum absolute atomic E-state index is 0.00106. The van der Waals surface area contributed by atoms with E-state index in [0.29, 0.717) is 12.2 Å². The zero-order valence-electron chi connectivity index (χ0n) is 19.7. The summed E-state index contributed by atoms with van der Waals surface area (Å²) in [7, 11) is 1.50. The summed E-state index contributed by atoms with van der Waals surface area (Å²) >= 11 is 0. The van der Waals surface area contributed by atoms with Gasteiger partial charge in [-0.2, -0.15) is 5.10 Å². The summed E-state index contributed by atoms with van der Waals surface area (Å²) in [6.07, 6.45) is -0.395. The predicted molar refractivity (Wildman–Crippen MR) is 118 cm³/mol. The molecule has 7 nitrogen and oxygen atoms in total. The van der Waals surface area contributed by atoms with E-state index >= 15 is 0 Å². The Hall–Kier alpha value is -3.12. The molecular weight excluding hydrogens is 432 g/mol. The van der Waals surface area contributed by atoms with E-state index < -0.39 is 23.3 Å². The van der Waals surface area contributed by atoms with Crippen molar-refractivity contribution in [1.29, 1.82) is 0 Å². The van der Waals surface area contributed by atoms with Crippen LogP contribution in [0.15, 0.2) is 18.2 Å². The number of halogens is 2. The molecular formula is C24H29F2N3O4. The maximum atomic E-state index is 14.4. The molecule has 33 heavy (non-hydrogen) atoms. The molecule has 0 fully saturated rings. The van der Waals surface area contributed by atoms with Gasteiger partial charge >= 0.3 is 6.09 Å². The average Bonchev–Trinajstić information content (AvgIpc) is 3.14. The van der Waals surface area contributed by atoms with Crippen LogP contribution in [0.25, 0.3) is 0 Å². The Morgan fingerprint density at radius 2 is 1.91 bits per heavy atom. The molecule has 0 N–H and O–H groups in total. The predicted octanol–water partition coefficient (Wildman–Crippen LogP) is 4.46. The molecule has 178 valence electrons. The van der Waals surface area contributed by atoms with Crippen molar-refractivity contribution in [2.45, 2.75) is 52.3 Å². The molecule has 0 saturated carbocycles.